The molecule has 7 nitrogen and oxygen atoms in total. The molecule has 0 bridgehead atoms. The molecule has 1 aliphatic rings. The van der Waals surface area contributed by atoms with Crippen LogP contribution in [0.3, 0.4) is 0 Å². The Kier molecular flexibility index (Phi) is 4.59. The second kappa shape index (κ2) is 6.82. The van der Waals surface area contributed by atoms with Crippen LogP contribution in [0.4, 0.5) is 0 Å². The Bertz CT molecular complexity index is 826. The Labute approximate surface area is 138 Å². The van der Waals surface area contributed by atoms with Gasteiger partial charge in [-0.25, -0.2) is 4.98 Å². The Hall–Kier alpha value is -2.70. The van der Waals surface area contributed by atoms with Gasteiger partial charge in [-0.05, 0) is 37.8 Å². The summed E-state index contributed by atoms with van der Waals surface area (Å²) in [6.07, 6.45) is 3.55. The number of aromatic nitrogens is 2. The fourth-order valence-corrected chi connectivity index (χ4v) is 2.56. The fraction of sp³-hybridized carbons (Fsp3) is 0.412. The number of hydrogen-bond donors (Lipinski definition) is 1. The Balaban J connectivity index is 1.56. The summed E-state index contributed by atoms with van der Waals surface area (Å²) in [6.45, 7) is 1.32. The Morgan fingerprint density at radius 1 is 1.38 bits per heavy atom. The molecule has 1 fully saturated rings. The van der Waals surface area contributed by atoms with E-state index in [1.807, 2.05) is 6.92 Å². The number of carbonyl (C=O) groups excluding carboxylic acids is 2. The predicted molar refractivity (Wildman–Crippen MR) is 87.3 cm³/mol. The third-order valence-electron chi connectivity index (χ3n) is 4.11. The predicted octanol–water partition coefficient (Wildman–Crippen LogP) is 0.854. The number of ether oxygens (including phenoxy) is 1. The maximum absolute atomic E-state index is 12.3. The van der Waals surface area contributed by atoms with Crippen molar-refractivity contribution in [3.05, 3.63) is 40.9 Å². The second-order valence-electron chi connectivity index (χ2n) is 6.05. The highest BCUT2D eigenvalue weighted by Gasteiger charge is 2.28. The lowest BCUT2D eigenvalue weighted by Crippen LogP contribution is -2.37. The van der Waals surface area contributed by atoms with Gasteiger partial charge in [-0.15, -0.1) is 0 Å². The average Bonchev–Trinajstić information content (AvgIpc) is 3.41. The van der Waals surface area contributed by atoms with Gasteiger partial charge < -0.3 is 10.1 Å². The first kappa shape index (κ1) is 16.2. The van der Waals surface area contributed by atoms with Crippen LogP contribution < -0.4 is 10.9 Å². The maximum Gasteiger partial charge on any atom is 0.326 e. The number of nitrogens with one attached hydrogen (secondary N) is 1. The van der Waals surface area contributed by atoms with Crippen molar-refractivity contribution in [3.63, 3.8) is 0 Å². The lowest BCUT2D eigenvalue weighted by atomic mass is 10.2. The number of nitrogens with zero attached hydrogens (tertiary/aromatic N) is 2. The summed E-state index contributed by atoms with van der Waals surface area (Å²) in [5.41, 5.74) is 0.255. The van der Waals surface area contributed by atoms with Crippen LogP contribution in [-0.4, -0.2) is 34.1 Å². The molecule has 0 aliphatic heterocycles. The molecule has 126 valence electrons. The van der Waals surface area contributed by atoms with Gasteiger partial charge in [-0.1, -0.05) is 12.1 Å². The van der Waals surface area contributed by atoms with Crippen molar-refractivity contribution in [3.8, 4) is 0 Å². The molecule has 7 heteroatoms. The summed E-state index contributed by atoms with van der Waals surface area (Å²) in [5.74, 6) is -0.443. The third-order valence-corrected chi connectivity index (χ3v) is 4.11. The molecule has 1 heterocycles. The number of fused-ring (bicyclic) bond motifs is 1. The lowest BCUT2D eigenvalue weighted by Gasteiger charge is -2.13. The van der Waals surface area contributed by atoms with Gasteiger partial charge in [0, 0.05) is 6.04 Å². The summed E-state index contributed by atoms with van der Waals surface area (Å²) < 4.78 is 6.11. The molecular formula is C17H19N3O4. The highest BCUT2D eigenvalue weighted by molar-refractivity contribution is 5.81. The van der Waals surface area contributed by atoms with E-state index in [4.69, 9.17) is 4.74 Å². The number of rotatable bonds is 6. The summed E-state index contributed by atoms with van der Waals surface area (Å²) in [7, 11) is 0. The first-order chi connectivity index (χ1) is 11.5. The molecule has 1 amide bonds. The zero-order valence-corrected chi connectivity index (χ0v) is 13.4. The van der Waals surface area contributed by atoms with Crippen LogP contribution in [0.2, 0.25) is 0 Å². The standard InChI is InChI=1S/C17H19N3O4/c1-11(12-6-7-12)19-15(21)9-24-16(22)8-20-10-18-14-5-3-2-4-13(14)17(20)23/h2-5,10-12H,6-9H2,1H3,(H,19,21)/t11-/m0/s1. The van der Waals surface area contributed by atoms with E-state index in [0.29, 0.717) is 16.8 Å². The molecule has 3 rings (SSSR count). The molecule has 0 saturated heterocycles. The fourth-order valence-electron chi connectivity index (χ4n) is 2.56. The normalized spacial score (nSPS) is 15.0. The first-order valence-corrected chi connectivity index (χ1v) is 7.94. The highest BCUT2D eigenvalue weighted by atomic mass is 16.5. The van der Waals surface area contributed by atoms with E-state index in [0.717, 1.165) is 12.8 Å². The Morgan fingerprint density at radius 3 is 2.88 bits per heavy atom. The molecule has 1 aromatic carbocycles. The van der Waals surface area contributed by atoms with E-state index in [2.05, 4.69) is 10.3 Å². The molecule has 1 N–H and O–H groups in total. The minimum absolute atomic E-state index is 0.100. The van der Waals surface area contributed by atoms with Gasteiger partial charge in [-0.3, -0.25) is 19.0 Å². The molecule has 1 saturated carbocycles. The van der Waals surface area contributed by atoms with Gasteiger partial charge in [0.2, 0.25) is 0 Å². The van der Waals surface area contributed by atoms with E-state index >= 15 is 0 Å². The summed E-state index contributed by atoms with van der Waals surface area (Å²) in [4.78, 5) is 40.0. The van der Waals surface area contributed by atoms with E-state index in [1.54, 1.807) is 24.3 Å². The summed E-state index contributed by atoms with van der Waals surface area (Å²) in [6, 6.07) is 7.00. The maximum atomic E-state index is 12.3. The van der Waals surface area contributed by atoms with E-state index < -0.39 is 5.97 Å². The first-order valence-electron chi connectivity index (χ1n) is 7.94. The van der Waals surface area contributed by atoms with Gasteiger partial charge in [0.25, 0.3) is 11.5 Å². The SMILES string of the molecule is C[C@H](NC(=O)COC(=O)Cn1cnc2ccccc2c1=O)C1CC1. The van der Waals surface area contributed by atoms with Gasteiger partial charge in [0.15, 0.2) is 6.61 Å². The van der Waals surface area contributed by atoms with Crippen LogP contribution in [0.1, 0.15) is 19.8 Å². The van der Waals surface area contributed by atoms with Crippen molar-refractivity contribution in [2.75, 3.05) is 6.61 Å². The average molecular weight is 329 g/mol. The van der Waals surface area contributed by atoms with Gasteiger partial charge in [0.1, 0.15) is 6.54 Å². The van der Waals surface area contributed by atoms with Crippen molar-refractivity contribution in [1.29, 1.82) is 0 Å². The molecule has 0 spiro atoms. The minimum Gasteiger partial charge on any atom is -0.454 e. The number of carbonyl (C=O) groups is 2. The molecule has 2 aromatic rings. The molecule has 0 radical (unpaired) electrons. The van der Waals surface area contributed by atoms with Gasteiger partial charge >= 0.3 is 5.97 Å². The molecule has 1 atom stereocenters. The van der Waals surface area contributed by atoms with Crippen LogP contribution in [0.25, 0.3) is 10.9 Å². The van der Waals surface area contributed by atoms with E-state index in [1.165, 1.54) is 10.9 Å². The van der Waals surface area contributed by atoms with Crippen LogP contribution in [0, 0.1) is 5.92 Å². The van der Waals surface area contributed by atoms with Gasteiger partial charge in [-0.2, -0.15) is 0 Å². The number of hydrogen-bond acceptors (Lipinski definition) is 5. The summed E-state index contributed by atoms with van der Waals surface area (Å²) in [5, 5.41) is 3.23. The van der Waals surface area contributed by atoms with Crippen LogP contribution in [-0.2, 0) is 20.9 Å². The number of amides is 1. The minimum atomic E-state index is -0.650. The molecular weight excluding hydrogens is 310 g/mol. The zero-order valence-electron chi connectivity index (χ0n) is 13.4. The number of benzene rings is 1. The zero-order chi connectivity index (χ0) is 17.1. The largest absolute Gasteiger partial charge is 0.454 e. The monoisotopic (exact) mass is 329 g/mol. The summed E-state index contributed by atoms with van der Waals surface area (Å²) >= 11 is 0. The number of esters is 1. The van der Waals surface area contributed by atoms with Crippen molar-refractivity contribution in [1.82, 2.24) is 14.9 Å². The second-order valence-corrected chi connectivity index (χ2v) is 6.05. The smallest absolute Gasteiger partial charge is 0.326 e. The quantitative estimate of drug-likeness (QED) is 0.794. The molecule has 1 aliphatic carbocycles. The highest BCUT2D eigenvalue weighted by Crippen LogP contribution is 2.32. The molecule has 0 unspecified atom stereocenters. The van der Waals surface area contributed by atoms with Crippen molar-refractivity contribution in [2.45, 2.75) is 32.4 Å². The molecule has 1 aromatic heterocycles. The van der Waals surface area contributed by atoms with E-state index in [-0.39, 0.29) is 30.7 Å². The Morgan fingerprint density at radius 2 is 2.12 bits per heavy atom. The van der Waals surface area contributed by atoms with Crippen LogP contribution in [0.5, 0.6) is 0 Å². The molecule has 24 heavy (non-hydrogen) atoms. The van der Waals surface area contributed by atoms with E-state index in [9.17, 15) is 14.4 Å². The van der Waals surface area contributed by atoms with Crippen molar-refractivity contribution < 1.29 is 14.3 Å². The third kappa shape index (κ3) is 3.79. The van der Waals surface area contributed by atoms with Crippen molar-refractivity contribution in [2.24, 2.45) is 5.92 Å². The number of para-hydroxylation sites is 1. The van der Waals surface area contributed by atoms with Crippen molar-refractivity contribution >= 4 is 22.8 Å². The van der Waals surface area contributed by atoms with Crippen LogP contribution in [0.15, 0.2) is 35.4 Å². The topological polar surface area (TPSA) is 90.3 Å². The lowest BCUT2D eigenvalue weighted by molar-refractivity contribution is -0.149. The van der Waals surface area contributed by atoms with Gasteiger partial charge in [0.05, 0.1) is 17.2 Å². The van der Waals surface area contributed by atoms with Crippen LogP contribution >= 0.6 is 0 Å².